The van der Waals surface area contributed by atoms with Crippen LogP contribution in [0.15, 0.2) is 35.1 Å². The van der Waals surface area contributed by atoms with E-state index in [0.29, 0.717) is 35.6 Å². The van der Waals surface area contributed by atoms with E-state index in [-0.39, 0.29) is 11.6 Å². The van der Waals surface area contributed by atoms with Crippen molar-refractivity contribution in [2.24, 2.45) is 5.73 Å². The predicted octanol–water partition coefficient (Wildman–Crippen LogP) is 1.88. The van der Waals surface area contributed by atoms with E-state index < -0.39 is 0 Å². The van der Waals surface area contributed by atoms with Gasteiger partial charge in [0.1, 0.15) is 5.52 Å². The maximum absolute atomic E-state index is 13.2. The first-order chi connectivity index (χ1) is 13.1. The topological polar surface area (TPSA) is 104 Å². The molecule has 3 heterocycles. The molecule has 7 heteroatoms. The van der Waals surface area contributed by atoms with Crippen LogP contribution in [0.1, 0.15) is 29.7 Å². The molecule has 1 fully saturated rings. The monoisotopic (exact) mass is 362 g/mol. The highest BCUT2D eigenvalue weighted by atomic mass is 16.1. The molecule has 0 bridgehead atoms. The average Bonchev–Trinajstić information content (AvgIpc) is 3.05. The van der Waals surface area contributed by atoms with Crippen LogP contribution >= 0.6 is 0 Å². The Morgan fingerprint density at radius 1 is 1.41 bits per heavy atom. The van der Waals surface area contributed by atoms with Crippen LogP contribution in [0.25, 0.3) is 11.0 Å². The Bertz CT molecular complexity index is 1090. The van der Waals surface area contributed by atoms with E-state index in [2.05, 4.69) is 16.0 Å². The van der Waals surface area contributed by atoms with Gasteiger partial charge in [0, 0.05) is 24.8 Å². The summed E-state index contributed by atoms with van der Waals surface area (Å²) in [6, 6.07) is 11.5. The quantitative estimate of drug-likeness (QED) is 0.740. The number of hydrogen-bond donors (Lipinski definition) is 2. The normalized spacial score (nSPS) is 17.2. The lowest BCUT2D eigenvalue weighted by atomic mass is 10.1. The van der Waals surface area contributed by atoms with E-state index in [0.717, 1.165) is 30.6 Å². The minimum Gasteiger partial charge on any atom is -0.353 e. The molecule has 7 nitrogen and oxygen atoms in total. The lowest BCUT2D eigenvalue weighted by Gasteiger charge is -2.33. The molecule has 3 N–H and O–H groups in total. The Kier molecular flexibility index (Phi) is 4.42. The molecular weight excluding hydrogens is 340 g/mol. The van der Waals surface area contributed by atoms with Gasteiger partial charge in [-0.2, -0.15) is 5.26 Å². The number of fused-ring (bicyclic) bond motifs is 1. The van der Waals surface area contributed by atoms with Crippen molar-refractivity contribution in [2.75, 3.05) is 18.0 Å². The van der Waals surface area contributed by atoms with E-state index in [1.165, 1.54) is 0 Å². The summed E-state index contributed by atoms with van der Waals surface area (Å²) in [5, 5.41) is 9.41. The van der Waals surface area contributed by atoms with Crippen molar-refractivity contribution >= 4 is 17.0 Å². The first-order valence-corrected chi connectivity index (χ1v) is 9.15. The van der Waals surface area contributed by atoms with Crippen molar-refractivity contribution in [2.45, 2.75) is 32.4 Å². The molecular formula is C20H22N6O. The molecule has 1 saturated heterocycles. The smallest absolute Gasteiger partial charge is 0.279 e. The van der Waals surface area contributed by atoms with E-state index in [1.807, 2.05) is 31.2 Å². The number of H-pyrrole nitrogens is 1. The SMILES string of the molecule is Cc1cc2nc(N3CCC[C@@H](N)C3)n(Cc3ccccc3C#N)c(=O)c2[nH]1. The maximum Gasteiger partial charge on any atom is 0.279 e. The lowest BCUT2D eigenvalue weighted by molar-refractivity contribution is 0.492. The van der Waals surface area contributed by atoms with E-state index in [4.69, 9.17) is 10.7 Å². The summed E-state index contributed by atoms with van der Waals surface area (Å²) in [6.45, 7) is 3.69. The zero-order valence-corrected chi connectivity index (χ0v) is 15.3. The molecule has 0 saturated carbocycles. The Balaban J connectivity index is 1.88. The number of nitrogens with zero attached hydrogens (tertiary/aromatic N) is 4. The van der Waals surface area contributed by atoms with Gasteiger partial charge in [0.2, 0.25) is 5.95 Å². The number of piperidine rings is 1. The first-order valence-electron chi connectivity index (χ1n) is 9.15. The van der Waals surface area contributed by atoms with Gasteiger partial charge < -0.3 is 15.6 Å². The van der Waals surface area contributed by atoms with Crippen molar-refractivity contribution in [3.63, 3.8) is 0 Å². The summed E-state index contributed by atoms with van der Waals surface area (Å²) in [5.41, 5.74) is 9.44. The second-order valence-electron chi connectivity index (χ2n) is 7.13. The molecule has 0 spiro atoms. The van der Waals surface area contributed by atoms with Gasteiger partial charge in [-0.1, -0.05) is 18.2 Å². The van der Waals surface area contributed by atoms with Gasteiger partial charge in [-0.3, -0.25) is 9.36 Å². The standard InChI is InChI=1S/C20H22N6O/c1-13-9-17-18(23-13)19(27)26(11-15-6-3-2-5-14(15)10-21)20(24-17)25-8-4-7-16(22)12-25/h2-3,5-6,9,16,23H,4,7-8,11-12,22H2,1H3/t16-/m1/s1. The van der Waals surface area contributed by atoms with Crippen molar-refractivity contribution < 1.29 is 0 Å². The zero-order chi connectivity index (χ0) is 19.0. The number of rotatable bonds is 3. The number of anilines is 1. The second-order valence-corrected chi connectivity index (χ2v) is 7.13. The van der Waals surface area contributed by atoms with Crippen LogP contribution in [0.2, 0.25) is 0 Å². The number of aromatic amines is 1. The molecule has 0 amide bonds. The van der Waals surface area contributed by atoms with E-state index >= 15 is 0 Å². The van der Waals surface area contributed by atoms with Crippen LogP contribution in [-0.2, 0) is 6.54 Å². The number of hydrogen-bond acceptors (Lipinski definition) is 5. The minimum atomic E-state index is -0.130. The van der Waals surface area contributed by atoms with Gasteiger partial charge in [0.15, 0.2) is 0 Å². The van der Waals surface area contributed by atoms with Gasteiger partial charge in [-0.15, -0.1) is 0 Å². The van der Waals surface area contributed by atoms with Crippen molar-refractivity contribution in [3.05, 3.63) is 57.5 Å². The highest BCUT2D eigenvalue weighted by molar-refractivity contribution is 5.76. The summed E-state index contributed by atoms with van der Waals surface area (Å²) in [4.78, 5) is 23.2. The Morgan fingerprint density at radius 2 is 2.22 bits per heavy atom. The molecule has 27 heavy (non-hydrogen) atoms. The summed E-state index contributed by atoms with van der Waals surface area (Å²) in [6.07, 6.45) is 1.94. The molecule has 0 radical (unpaired) electrons. The molecule has 1 aliphatic heterocycles. The molecule has 138 valence electrons. The first kappa shape index (κ1) is 17.3. The number of nitriles is 1. The lowest BCUT2D eigenvalue weighted by Crippen LogP contribution is -2.45. The average molecular weight is 362 g/mol. The third-order valence-corrected chi connectivity index (χ3v) is 5.06. The fourth-order valence-electron chi connectivity index (χ4n) is 3.73. The number of nitrogens with two attached hydrogens (primary N) is 1. The maximum atomic E-state index is 13.2. The summed E-state index contributed by atoms with van der Waals surface area (Å²) < 4.78 is 1.66. The number of benzene rings is 1. The van der Waals surface area contributed by atoms with Crippen LogP contribution in [0, 0.1) is 18.3 Å². The molecule has 3 aromatic rings. The van der Waals surface area contributed by atoms with Crippen LogP contribution in [0.4, 0.5) is 5.95 Å². The van der Waals surface area contributed by atoms with Crippen molar-refractivity contribution in [1.82, 2.24) is 14.5 Å². The number of nitrogens with one attached hydrogen (secondary N) is 1. The van der Waals surface area contributed by atoms with Gasteiger partial charge in [-0.05, 0) is 37.5 Å². The van der Waals surface area contributed by atoms with E-state index in [1.54, 1.807) is 10.6 Å². The van der Waals surface area contributed by atoms with Crippen LogP contribution in [0.5, 0.6) is 0 Å². The van der Waals surface area contributed by atoms with Gasteiger partial charge in [-0.25, -0.2) is 4.98 Å². The molecule has 4 rings (SSSR count). The summed E-state index contributed by atoms with van der Waals surface area (Å²) in [5.74, 6) is 0.620. The highest BCUT2D eigenvalue weighted by Gasteiger charge is 2.23. The molecule has 0 unspecified atom stereocenters. The van der Waals surface area contributed by atoms with Crippen molar-refractivity contribution in [1.29, 1.82) is 5.26 Å². The number of aryl methyl sites for hydroxylation is 1. The third-order valence-electron chi connectivity index (χ3n) is 5.06. The summed E-state index contributed by atoms with van der Waals surface area (Å²) in [7, 11) is 0. The predicted molar refractivity (Wildman–Crippen MR) is 105 cm³/mol. The highest BCUT2D eigenvalue weighted by Crippen LogP contribution is 2.21. The molecule has 2 aromatic heterocycles. The van der Waals surface area contributed by atoms with Gasteiger partial charge >= 0.3 is 0 Å². The molecule has 0 aliphatic carbocycles. The number of aromatic nitrogens is 3. The van der Waals surface area contributed by atoms with Crippen molar-refractivity contribution in [3.8, 4) is 6.07 Å². The Morgan fingerprint density at radius 3 is 3.00 bits per heavy atom. The summed E-state index contributed by atoms with van der Waals surface area (Å²) >= 11 is 0. The van der Waals surface area contributed by atoms with E-state index in [9.17, 15) is 10.1 Å². The van der Waals surface area contributed by atoms with Crippen LogP contribution in [-0.4, -0.2) is 33.7 Å². The Labute approximate surface area is 157 Å². The fraction of sp³-hybridized carbons (Fsp3) is 0.350. The van der Waals surface area contributed by atoms with Gasteiger partial charge in [0.05, 0.1) is 23.7 Å². The van der Waals surface area contributed by atoms with Crippen LogP contribution < -0.4 is 16.2 Å². The Hall–Kier alpha value is -3.11. The third kappa shape index (κ3) is 3.20. The largest absolute Gasteiger partial charge is 0.353 e. The molecule has 1 aromatic carbocycles. The van der Waals surface area contributed by atoms with Gasteiger partial charge in [0.25, 0.3) is 5.56 Å². The second kappa shape index (κ2) is 6.89. The minimum absolute atomic E-state index is 0.0687. The molecule has 1 atom stereocenters. The molecule has 1 aliphatic rings. The fourth-order valence-corrected chi connectivity index (χ4v) is 3.73. The zero-order valence-electron chi connectivity index (χ0n) is 15.3. The van der Waals surface area contributed by atoms with Crippen LogP contribution in [0.3, 0.4) is 0 Å².